The highest BCUT2D eigenvalue weighted by Crippen LogP contribution is 2.32. The highest BCUT2D eigenvalue weighted by molar-refractivity contribution is 5.67. The lowest BCUT2D eigenvalue weighted by Gasteiger charge is -2.32. The zero-order valence-electron chi connectivity index (χ0n) is 12.8. The number of aromatic amines is 1. The summed E-state index contributed by atoms with van der Waals surface area (Å²) in [7, 11) is 0. The number of anilines is 2. The van der Waals surface area contributed by atoms with Crippen LogP contribution in [-0.4, -0.2) is 36.0 Å². The zero-order valence-corrected chi connectivity index (χ0v) is 12.8. The summed E-state index contributed by atoms with van der Waals surface area (Å²) in [4.78, 5) is 28.1. The number of pyridine rings is 1. The third-order valence-electron chi connectivity index (χ3n) is 4.02. The van der Waals surface area contributed by atoms with Crippen molar-refractivity contribution < 1.29 is 14.8 Å². The number of aromatic nitrogens is 1. The number of H-pyrrole nitrogens is 1. The second-order valence-electron chi connectivity index (χ2n) is 5.41. The molecule has 9 nitrogen and oxygen atoms in total. The topological polar surface area (TPSA) is 107 Å². The van der Waals surface area contributed by atoms with Crippen LogP contribution in [0, 0.1) is 20.2 Å². The molecule has 0 spiro atoms. The maximum absolute atomic E-state index is 11.3. The second kappa shape index (κ2) is 6.49. The van der Waals surface area contributed by atoms with Crippen LogP contribution in [0.25, 0.3) is 0 Å². The van der Waals surface area contributed by atoms with Crippen molar-refractivity contribution in [1.29, 1.82) is 0 Å². The minimum atomic E-state index is -0.625. The lowest BCUT2D eigenvalue weighted by atomic mass is 10.2. The average Bonchev–Trinajstić information content (AvgIpc) is 2.62. The van der Waals surface area contributed by atoms with Gasteiger partial charge in [-0.1, -0.05) is 6.07 Å². The predicted octanol–water partition coefficient (Wildman–Crippen LogP) is 1.64. The van der Waals surface area contributed by atoms with E-state index in [0.717, 1.165) is 11.9 Å². The Hall–Kier alpha value is -3.23. The Morgan fingerprint density at radius 1 is 0.917 bits per heavy atom. The molecule has 9 heteroatoms. The lowest BCUT2D eigenvalue weighted by Crippen LogP contribution is -2.48. The molecule has 0 radical (unpaired) electrons. The second-order valence-corrected chi connectivity index (χ2v) is 5.41. The standard InChI is InChI=1S/C15H15N5O4/c21-19(22)12-4-5-13(14(11-12)20(23)24)17-7-9-18(10-8-17)15-3-1-2-6-16-15/h1-6,11H,7-10H2/p+1. The molecule has 1 aromatic carbocycles. The van der Waals surface area contributed by atoms with E-state index in [1.807, 2.05) is 29.3 Å². The van der Waals surface area contributed by atoms with Gasteiger partial charge in [0, 0.05) is 12.1 Å². The predicted molar refractivity (Wildman–Crippen MR) is 87.2 cm³/mol. The fourth-order valence-electron chi connectivity index (χ4n) is 2.81. The fourth-order valence-corrected chi connectivity index (χ4v) is 2.81. The Balaban J connectivity index is 1.79. The van der Waals surface area contributed by atoms with E-state index in [4.69, 9.17) is 0 Å². The van der Waals surface area contributed by atoms with Gasteiger partial charge in [0.2, 0.25) is 0 Å². The quantitative estimate of drug-likeness (QED) is 0.623. The van der Waals surface area contributed by atoms with Crippen molar-refractivity contribution in [3.63, 3.8) is 0 Å². The van der Waals surface area contributed by atoms with Crippen LogP contribution in [0.4, 0.5) is 22.9 Å². The van der Waals surface area contributed by atoms with Gasteiger partial charge < -0.3 is 4.90 Å². The SMILES string of the molecule is O=[N+]([O-])c1ccc(N2CCN(c3cccc[nH+]3)CC2)c([N+](=O)[O-])c1. The van der Waals surface area contributed by atoms with Gasteiger partial charge in [-0.15, -0.1) is 0 Å². The molecule has 124 valence electrons. The monoisotopic (exact) mass is 330 g/mol. The maximum Gasteiger partial charge on any atom is 0.299 e. The molecule has 1 aliphatic heterocycles. The van der Waals surface area contributed by atoms with Crippen LogP contribution in [0.1, 0.15) is 0 Å². The Kier molecular flexibility index (Phi) is 4.23. The summed E-state index contributed by atoms with van der Waals surface area (Å²) < 4.78 is 0. The van der Waals surface area contributed by atoms with Gasteiger partial charge in [-0.25, -0.2) is 4.98 Å². The number of nitro benzene ring substituents is 2. The molecule has 2 aromatic rings. The number of nitro groups is 2. The van der Waals surface area contributed by atoms with Gasteiger partial charge in [-0.2, -0.15) is 0 Å². The molecule has 1 aliphatic rings. The molecule has 1 fully saturated rings. The third-order valence-corrected chi connectivity index (χ3v) is 4.02. The van der Waals surface area contributed by atoms with E-state index in [9.17, 15) is 20.2 Å². The summed E-state index contributed by atoms with van der Waals surface area (Å²) in [5.41, 5.74) is -0.0887. The van der Waals surface area contributed by atoms with E-state index in [-0.39, 0.29) is 11.4 Å². The Bertz CT molecular complexity index is 760. The number of nitrogens with one attached hydrogen (secondary N) is 1. The highest BCUT2D eigenvalue weighted by atomic mass is 16.6. The van der Waals surface area contributed by atoms with Crippen molar-refractivity contribution in [2.45, 2.75) is 0 Å². The van der Waals surface area contributed by atoms with Crippen molar-refractivity contribution in [3.8, 4) is 0 Å². The highest BCUT2D eigenvalue weighted by Gasteiger charge is 2.28. The summed E-state index contributed by atoms with van der Waals surface area (Å²) in [5.74, 6) is 0.996. The van der Waals surface area contributed by atoms with Crippen LogP contribution in [0.15, 0.2) is 42.6 Å². The smallest absolute Gasteiger partial charge is 0.299 e. The number of piperazine rings is 1. The number of hydrogen-bond donors (Lipinski definition) is 0. The molecule has 1 aromatic heterocycles. The summed E-state index contributed by atoms with van der Waals surface area (Å²) in [6.07, 6.45) is 1.85. The van der Waals surface area contributed by atoms with E-state index in [2.05, 4.69) is 9.88 Å². The van der Waals surface area contributed by atoms with Gasteiger partial charge in [-0.05, 0) is 12.1 Å². The van der Waals surface area contributed by atoms with Crippen molar-refractivity contribution in [2.75, 3.05) is 36.0 Å². The molecule has 24 heavy (non-hydrogen) atoms. The van der Waals surface area contributed by atoms with E-state index >= 15 is 0 Å². The van der Waals surface area contributed by atoms with Gasteiger partial charge in [-0.3, -0.25) is 25.1 Å². The van der Waals surface area contributed by atoms with Crippen LogP contribution in [-0.2, 0) is 0 Å². The number of benzene rings is 1. The van der Waals surface area contributed by atoms with E-state index < -0.39 is 9.85 Å². The molecule has 0 amide bonds. The average molecular weight is 330 g/mol. The molecular weight excluding hydrogens is 314 g/mol. The summed E-state index contributed by atoms with van der Waals surface area (Å²) in [6, 6.07) is 9.61. The Morgan fingerprint density at radius 2 is 1.62 bits per heavy atom. The molecule has 1 N–H and O–H groups in total. The first kappa shape index (κ1) is 15.7. The number of non-ortho nitro benzene ring substituents is 1. The number of rotatable bonds is 4. The van der Waals surface area contributed by atoms with Crippen LogP contribution >= 0.6 is 0 Å². The van der Waals surface area contributed by atoms with Crippen LogP contribution in [0.5, 0.6) is 0 Å². The van der Waals surface area contributed by atoms with Gasteiger partial charge in [0.05, 0.1) is 35.2 Å². The first-order valence-corrected chi connectivity index (χ1v) is 7.46. The number of nitrogens with zero attached hydrogens (tertiary/aromatic N) is 4. The molecule has 1 saturated heterocycles. The third kappa shape index (κ3) is 3.09. The molecular formula is C15H16N5O4+. The lowest BCUT2D eigenvalue weighted by molar-refractivity contribution is -0.393. The maximum atomic E-state index is 11.3. The summed E-state index contributed by atoms with van der Waals surface area (Å²) in [6.45, 7) is 2.60. The molecule has 0 bridgehead atoms. The van der Waals surface area contributed by atoms with Gasteiger partial charge in [0.25, 0.3) is 17.2 Å². The van der Waals surface area contributed by atoms with Gasteiger partial charge in [0.15, 0.2) is 0 Å². The van der Waals surface area contributed by atoms with Crippen molar-refractivity contribution in [2.24, 2.45) is 0 Å². The van der Waals surface area contributed by atoms with Crippen LogP contribution in [0.3, 0.4) is 0 Å². The van der Waals surface area contributed by atoms with E-state index in [1.54, 1.807) is 0 Å². The molecule has 3 rings (SSSR count). The molecule has 0 atom stereocenters. The molecule has 0 aliphatic carbocycles. The number of hydrogen-bond acceptors (Lipinski definition) is 6. The van der Waals surface area contributed by atoms with Crippen molar-refractivity contribution in [1.82, 2.24) is 0 Å². The zero-order chi connectivity index (χ0) is 17.1. The van der Waals surface area contributed by atoms with Gasteiger partial charge in [0.1, 0.15) is 18.8 Å². The summed E-state index contributed by atoms with van der Waals surface area (Å²) in [5, 5.41) is 22.1. The first-order valence-electron chi connectivity index (χ1n) is 7.46. The largest absolute Gasteiger partial charge is 0.358 e. The minimum Gasteiger partial charge on any atom is -0.358 e. The summed E-state index contributed by atoms with van der Waals surface area (Å²) >= 11 is 0. The minimum absolute atomic E-state index is 0.232. The van der Waals surface area contributed by atoms with Crippen LogP contribution < -0.4 is 14.8 Å². The molecule has 0 unspecified atom stereocenters. The van der Waals surface area contributed by atoms with E-state index in [1.165, 1.54) is 12.1 Å². The van der Waals surface area contributed by atoms with Crippen molar-refractivity contribution in [3.05, 3.63) is 62.8 Å². The van der Waals surface area contributed by atoms with Crippen LogP contribution in [0.2, 0.25) is 0 Å². The fraction of sp³-hybridized carbons (Fsp3) is 0.267. The molecule has 0 saturated carbocycles. The Labute approximate surface area is 137 Å². The Morgan fingerprint density at radius 3 is 2.21 bits per heavy atom. The normalized spacial score (nSPS) is 14.5. The van der Waals surface area contributed by atoms with Gasteiger partial charge >= 0.3 is 0 Å². The first-order chi connectivity index (χ1) is 11.6. The molecule has 2 heterocycles. The van der Waals surface area contributed by atoms with E-state index in [0.29, 0.717) is 31.9 Å². The van der Waals surface area contributed by atoms with Crippen molar-refractivity contribution >= 4 is 22.9 Å².